The first-order valence-electron chi connectivity index (χ1n) is 7.73. The van der Waals surface area contributed by atoms with Crippen LogP contribution in [0.1, 0.15) is 44.0 Å². The van der Waals surface area contributed by atoms with Crippen LogP contribution in [0.4, 0.5) is 5.69 Å². The van der Waals surface area contributed by atoms with Gasteiger partial charge in [-0.2, -0.15) is 0 Å². The lowest BCUT2D eigenvalue weighted by Gasteiger charge is -2.24. The molecule has 1 aliphatic rings. The Morgan fingerprint density at radius 2 is 2.00 bits per heavy atom. The van der Waals surface area contributed by atoms with Crippen LogP contribution >= 0.6 is 0 Å². The van der Waals surface area contributed by atoms with E-state index in [4.69, 9.17) is 0 Å². The fourth-order valence-electron chi connectivity index (χ4n) is 2.28. The number of nitrogens with one attached hydrogen (secondary N) is 2. The maximum Gasteiger partial charge on any atom is 0.329 e. The third-order valence-electron chi connectivity index (χ3n) is 4.41. The van der Waals surface area contributed by atoms with Crippen LogP contribution in [0.25, 0.3) is 0 Å². The van der Waals surface area contributed by atoms with Crippen LogP contribution in [-0.2, 0) is 9.59 Å². The van der Waals surface area contributed by atoms with Crippen LogP contribution in [0, 0.1) is 11.8 Å². The minimum Gasteiger partial charge on any atom is -0.480 e. The number of amides is 2. The molecule has 3 atom stereocenters. The smallest absolute Gasteiger partial charge is 0.329 e. The van der Waals surface area contributed by atoms with Crippen molar-refractivity contribution in [1.29, 1.82) is 0 Å². The summed E-state index contributed by atoms with van der Waals surface area (Å²) in [5.41, 5.74) is -0.470. The fraction of sp³-hybridized carbons (Fsp3) is 0.471. The molecule has 2 rings (SSSR count). The molecule has 1 fully saturated rings. The monoisotopic (exact) mass is 318 g/mol. The molecule has 2 amide bonds. The second-order valence-electron chi connectivity index (χ2n) is 6.33. The zero-order valence-electron chi connectivity index (χ0n) is 13.6. The third-order valence-corrected chi connectivity index (χ3v) is 4.41. The van der Waals surface area contributed by atoms with E-state index in [1.165, 1.54) is 6.92 Å². The normalized spacial score (nSPS) is 21.9. The van der Waals surface area contributed by atoms with E-state index >= 15 is 0 Å². The van der Waals surface area contributed by atoms with Gasteiger partial charge in [0, 0.05) is 17.2 Å². The summed E-state index contributed by atoms with van der Waals surface area (Å²) >= 11 is 0. The Morgan fingerprint density at radius 3 is 2.52 bits per heavy atom. The molecule has 23 heavy (non-hydrogen) atoms. The summed E-state index contributed by atoms with van der Waals surface area (Å²) in [6.07, 6.45) is 1.16. The van der Waals surface area contributed by atoms with Crippen LogP contribution in [0.5, 0.6) is 0 Å². The molecule has 0 spiro atoms. The highest BCUT2D eigenvalue weighted by Crippen LogP contribution is 2.38. The van der Waals surface area contributed by atoms with Crippen LogP contribution in [-0.4, -0.2) is 28.4 Å². The van der Waals surface area contributed by atoms with Gasteiger partial charge in [0.2, 0.25) is 5.91 Å². The van der Waals surface area contributed by atoms with Crippen LogP contribution in [0.2, 0.25) is 0 Å². The van der Waals surface area contributed by atoms with Crippen molar-refractivity contribution < 1.29 is 19.5 Å². The van der Waals surface area contributed by atoms with Crippen molar-refractivity contribution in [2.75, 3.05) is 5.32 Å². The molecule has 6 heteroatoms. The highest BCUT2D eigenvalue weighted by molar-refractivity contribution is 6.00. The van der Waals surface area contributed by atoms with E-state index in [9.17, 15) is 19.5 Å². The topological polar surface area (TPSA) is 95.5 Å². The van der Waals surface area contributed by atoms with E-state index in [1.807, 2.05) is 6.92 Å². The Labute approximate surface area is 135 Å². The molecule has 0 aliphatic heterocycles. The Bertz CT molecular complexity index is 643. The summed E-state index contributed by atoms with van der Waals surface area (Å²) in [7, 11) is 0. The molecule has 0 aromatic heterocycles. The van der Waals surface area contributed by atoms with E-state index in [0.29, 0.717) is 17.2 Å². The van der Waals surface area contributed by atoms with E-state index in [-0.39, 0.29) is 18.2 Å². The first-order valence-corrected chi connectivity index (χ1v) is 7.73. The van der Waals surface area contributed by atoms with Crippen LogP contribution in [0.3, 0.4) is 0 Å². The van der Waals surface area contributed by atoms with Crippen molar-refractivity contribution in [2.45, 2.75) is 39.2 Å². The van der Waals surface area contributed by atoms with E-state index < -0.39 is 17.4 Å². The Morgan fingerprint density at radius 1 is 1.35 bits per heavy atom. The third kappa shape index (κ3) is 3.88. The summed E-state index contributed by atoms with van der Waals surface area (Å²) in [6, 6.07) is 6.50. The maximum atomic E-state index is 12.3. The molecule has 6 nitrogen and oxygen atoms in total. The number of carbonyl (C=O) groups is 3. The lowest BCUT2D eigenvalue weighted by atomic mass is 9.98. The van der Waals surface area contributed by atoms with Gasteiger partial charge in [-0.1, -0.05) is 19.9 Å². The minimum atomic E-state index is -1.32. The molecule has 0 heterocycles. The summed E-state index contributed by atoms with van der Waals surface area (Å²) in [5.74, 6) is -1.16. The Hall–Kier alpha value is -2.37. The van der Waals surface area contributed by atoms with Crippen molar-refractivity contribution in [3.63, 3.8) is 0 Å². The predicted molar refractivity (Wildman–Crippen MR) is 86.1 cm³/mol. The first-order chi connectivity index (χ1) is 10.8. The molecule has 1 saturated carbocycles. The second kappa shape index (κ2) is 6.40. The molecule has 1 aliphatic carbocycles. The van der Waals surface area contributed by atoms with Crippen LogP contribution in [0.15, 0.2) is 24.3 Å². The van der Waals surface area contributed by atoms with Gasteiger partial charge in [0.25, 0.3) is 5.91 Å². The molecule has 3 unspecified atom stereocenters. The molecular weight excluding hydrogens is 296 g/mol. The SMILES string of the molecule is CCC(C)(NC(=O)c1cccc(NC(=O)C2CC2C)c1)C(=O)O. The summed E-state index contributed by atoms with van der Waals surface area (Å²) in [4.78, 5) is 35.5. The minimum absolute atomic E-state index is 0.0426. The van der Waals surface area contributed by atoms with Gasteiger partial charge in [-0.05, 0) is 43.9 Å². The van der Waals surface area contributed by atoms with Gasteiger partial charge in [0.1, 0.15) is 5.54 Å². The molecule has 124 valence electrons. The molecular formula is C17H22N2O4. The highest BCUT2D eigenvalue weighted by atomic mass is 16.4. The molecule has 3 N–H and O–H groups in total. The number of anilines is 1. The average Bonchev–Trinajstić information content (AvgIpc) is 3.24. The quantitative estimate of drug-likeness (QED) is 0.749. The molecule has 0 saturated heterocycles. The number of carbonyl (C=O) groups excluding carboxylic acids is 2. The number of aliphatic carboxylic acids is 1. The van der Waals surface area contributed by atoms with Gasteiger partial charge in [0.15, 0.2) is 0 Å². The van der Waals surface area contributed by atoms with Gasteiger partial charge >= 0.3 is 5.97 Å². The Balaban J connectivity index is 2.08. The molecule has 1 aromatic carbocycles. The van der Waals surface area contributed by atoms with Crippen molar-refractivity contribution in [1.82, 2.24) is 5.32 Å². The zero-order valence-corrected chi connectivity index (χ0v) is 13.6. The van der Waals surface area contributed by atoms with Crippen molar-refractivity contribution >= 4 is 23.5 Å². The molecule has 0 bridgehead atoms. The standard InChI is InChI=1S/C17H22N2O4/c1-4-17(3,16(22)23)19-14(20)11-6-5-7-12(9-11)18-15(21)13-8-10(13)2/h5-7,9-10,13H,4,8H2,1-3H3,(H,18,21)(H,19,20)(H,22,23). The molecule has 1 aromatic rings. The lowest BCUT2D eigenvalue weighted by molar-refractivity contribution is -0.143. The highest BCUT2D eigenvalue weighted by Gasteiger charge is 2.39. The molecule has 0 radical (unpaired) electrons. The van der Waals surface area contributed by atoms with E-state index in [1.54, 1.807) is 31.2 Å². The van der Waals surface area contributed by atoms with Gasteiger partial charge in [-0.15, -0.1) is 0 Å². The number of carboxylic acid groups (broad SMARTS) is 1. The Kier molecular flexibility index (Phi) is 4.73. The summed E-state index contributed by atoms with van der Waals surface area (Å²) in [5, 5.41) is 14.5. The van der Waals surface area contributed by atoms with Crippen LogP contribution < -0.4 is 10.6 Å². The van der Waals surface area contributed by atoms with Gasteiger partial charge < -0.3 is 15.7 Å². The maximum absolute atomic E-state index is 12.3. The van der Waals surface area contributed by atoms with Crippen molar-refractivity contribution in [3.8, 4) is 0 Å². The van der Waals surface area contributed by atoms with Gasteiger partial charge in [-0.25, -0.2) is 4.79 Å². The number of hydrogen-bond donors (Lipinski definition) is 3. The van der Waals surface area contributed by atoms with Gasteiger partial charge in [0.05, 0.1) is 0 Å². The first kappa shape index (κ1) is 17.0. The number of rotatable bonds is 6. The lowest BCUT2D eigenvalue weighted by Crippen LogP contribution is -2.51. The average molecular weight is 318 g/mol. The second-order valence-corrected chi connectivity index (χ2v) is 6.33. The summed E-state index contributed by atoms with van der Waals surface area (Å²) in [6.45, 7) is 5.18. The van der Waals surface area contributed by atoms with Crippen molar-refractivity contribution in [2.24, 2.45) is 11.8 Å². The van der Waals surface area contributed by atoms with Gasteiger partial charge in [-0.3, -0.25) is 9.59 Å². The summed E-state index contributed by atoms with van der Waals surface area (Å²) < 4.78 is 0. The number of carboxylic acids is 1. The van der Waals surface area contributed by atoms with E-state index in [0.717, 1.165) is 6.42 Å². The fourth-order valence-corrected chi connectivity index (χ4v) is 2.28. The zero-order chi connectivity index (χ0) is 17.2. The van der Waals surface area contributed by atoms with Crippen molar-refractivity contribution in [3.05, 3.63) is 29.8 Å². The number of benzene rings is 1. The predicted octanol–water partition coefficient (Wildman–Crippen LogP) is 2.26. The largest absolute Gasteiger partial charge is 0.480 e. The number of hydrogen-bond acceptors (Lipinski definition) is 3. The van der Waals surface area contributed by atoms with E-state index in [2.05, 4.69) is 10.6 Å².